The molecule has 2 heterocycles. The third-order valence-corrected chi connectivity index (χ3v) is 3.56. The summed E-state index contributed by atoms with van der Waals surface area (Å²) in [6.07, 6.45) is 10.4. The van der Waals surface area contributed by atoms with Crippen LogP contribution in [-0.4, -0.2) is 29.3 Å². The van der Waals surface area contributed by atoms with Crippen molar-refractivity contribution in [3.8, 4) is 0 Å². The lowest BCUT2D eigenvalue weighted by molar-refractivity contribution is 0.101. The number of aryl methyl sites for hydroxylation is 1. The molecule has 4 heteroatoms. The van der Waals surface area contributed by atoms with Crippen molar-refractivity contribution < 1.29 is 4.74 Å². The van der Waals surface area contributed by atoms with Crippen LogP contribution in [0.1, 0.15) is 44.0 Å². The van der Waals surface area contributed by atoms with Crippen molar-refractivity contribution in [2.45, 2.75) is 44.2 Å². The van der Waals surface area contributed by atoms with Gasteiger partial charge in [-0.05, 0) is 39.2 Å². The first-order valence-electron chi connectivity index (χ1n) is 6.57. The number of nitrogens with one attached hydrogen (secondary N) is 1. The summed E-state index contributed by atoms with van der Waals surface area (Å²) in [5.41, 5.74) is 0. The normalized spacial score (nSPS) is 21.9. The second-order valence-corrected chi connectivity index (χ2v) is 4.80. The van der Waals surface area contributed by atoms with Gasteiger partial charge in [-0.25, -0.2) is 4.98 Å². The Morgan fingerprint density at radius 2 is 2.53 bits per heavy atom. The molecule has 17 heavy (non-hydrogen) atoms. The largest absolute Gasteiger partial charge is 0.378 e. The number of nitrogens with zero attached hydrogens (tertiary/aromatic N) is 2. The summed E-state index contributed by atoms with van der Waals surface area (Å²) in [6.45, 7) is 0.958. The molecule has 0 aromatic carbocycles. The molecule has 2 atom stereocenters. The molecule has 1 fully saturated rings. The fourth-order valence-corrected chi connectivity index (χ4v) is 2.54. The average Bonchev–Trinajstić information content (AvgIpc) is 2.96. The number of aromatic nitrogens is 2. The van der Waals surface area contributed by atoms with E-state index in [9.17, 15) is 0 Å². The molecule has 1 saturated heterocycles. The van der Waals surface area contributed by atoms with Crippen molar-refractivity contribution in [1.29, 1.82) is 0 Å². The van der Waals surface area contributed by atoms with Gasteiger partial charge in [-0.1, -0.05) is 0 Å². The fraction of sp³-hybridized carbons (Fsp3) is 0.769. The van der Waals surface area contributed by atoms with E-state index in [4.69, 9.17) is 4.74 Å². The van der Waals surface area contributed by atoms with Crippen molar-refractivity contribution in [2.75, 3.05) is 13.7 Å². The van der Waals surface area contributed by atoms with Crippen LogP contribution in [-0.2, 0) is 11.8 Å². The molecule has 96 valence electrons. The molecule has 1 aromatic heterocycles. The number of imidazole rings is 1. The molecule has 4 nitrogen and oxygen atoms in total. The van der Waals surface area contributed by atoms with E-state index in [1.807, 2.05) is 26.5 Å². The van der Waals surface area contributed by atoms with Crippen LogP contribution < -0.4 is 5.32 Å². The Morgan fingerprint density at radius 1 is 1.65 bits per heavy atom. The van der Waals surface area contributed by atoms with Crippen molar-refractivity contribution in [3.63, 3.8) is 0 Å². The van der Waals surface area contributed by atoms with Gasteiger partial charge in [0.2, 0.25) is 0 Å². The second kappa shape index (κ2) is 6.17. The Kier molecular flexibility index (Phi) is 4.57. The van der Waals surface area contributed by atoms with Crippen LogP contribution in [0.5, 0.6) is 0 Å². The molecule has 1 aliphatic heterocycles. The van der Waals surface area contributed by atoms with Gasteiger partial charge in [-0.3, -0.25) is 0 Å². The quantitative estimate of drug-likeness (QED) is 0.823. The van der Waals surface area contributed by atoms with Crippen LogP contribution in [0.2, 0.25) is 0 Å². The Morgan fingerprint density at radius 3 is 3.12 bits per heavy atom. The number of rotatable bonds is 6. The molecule has 0 spiro atoms. The molecule has 1 aromatic rings. The molecule has 0 amide bonds. The fourth-order valence-electron chi connectivity index (χ4n) is 2.54. The minimum Gasteiger partial charge on any atom is -0.378 e. The van der Waals surface area contributed by atoms with Gasteiger partial charge >= 0.3 is 0 Å². The summed E-state index contributed by atoms with van der Waals surface area (Å²) in [7, 11) is 4.05. The molecule has 1 aliphatic rings. The highest BCUT2D eigenvalue weighted by atomic mass is 16.5. The Hall–Kier alpha value is -0.870. The van der Waals surface area contributed by atoms with Crippen molar-refractivity contribution >= 4 is 0 Å². The Bertz CT molecular complexity index is 331. The molecular weight excluding hydrogens is 214 g/mol. The van der Waals surface area contributed by atoms with Gasteiger partial charge in [-0.15, -0.1) is 0 Å². The first-order chi connectivity index (χ1) is 8.31. The van der Waals surface area contributed by atoms with Gasteiger partial charge < -0.3 is 14.6 Å². The maximum absolute atomic E-state index is 5.64. The zero-order valence-corrected chi connectivity index (χ0v) is 10.9. The van der Waals surface area contributed by atoms with Crippen LogP contribution in [0.4, 0.5) is 0 Å². The van der Waals surface area contributed by atoms with Gasteiger partial charge in [-0.2, -0.15) is 0 Å². The zero-order valence-electron chi connectivity index (χ0n) is 10.9. The molecule has 0 aliphatic carbocycles. The lowest BCUT2D eigenvalue weighted by atomic mass is 10.0. The second-order valence-electron chi connectivity index (χ2n) is 4.80. The monoisotopic (exact) mass is 237 g/mol. The first-order valence-corrected chi connectivity index (χ1v) is 6.57. The summed E-state index contributed by atoms with van der Waals surface area (Å²) in [6, 6.07) is 0.358. The maximum Gasteiger partial charge on any atom is 0.125 e. The smallest absolute Gasteiger partial charge is 0.125 e. The average molecular weight is 237 g/mol. The predicted octanol–water partition coefficient (Wildman–Crippen LogP) is 2.03. The summed E-state index contributed by atoms with van der Waals surface area (Å²) >= 11 is 0. The Labute approximate surface area is 103 Å². The molecule has 2 rings (SSSR count). The standard InChI is InChI=1S/C13H23N3O/c1-14-12(13-15-8-9-16(13)2)7-3-5-11-6-4-10-17-11/h8-9,11-12,14H,3-7,10H2,1-2H3. The van der Waals surface area contributed by atoms with Gasteiger partial charge in [0.15, 0.2) is 0 Å². The third-order valence-electron chi connectivity index (χ3n) is 3.56. The van der Waals surface area contributed by atoms with E-state index in [0.29, 0.717) is 12.1 Å². The lowest BCUT2D eigenvalue weighted by Gasteiger charge is -2.17. The van der Waals surface area contributed by atoms with Crippen LogP contribution in [0, 0.1) is 0 Å². The van der Waals surface area contributed by atoms with Crippen molar-refractivity contribution in [2.24, 2.45) is 7.05 Å². The number of hydrogen-bond acceptors (Lipinski definition) is 3. The van der Waals surface area contributed by atoms with Crippen LogP contribution in [0.3, 0.4) is 0 Å². The summed E-state index contributed by atoms with van der Waals surface area (Å²) in [4.78, 5) is 4.41. The van der Waals surface area contributed by atoms with E-state index in [1.54, 1.807) is 0 Å². The highest BCUT2D eigenvalue weighted by molar-refractivity contribution is 4.98. The van der Waals surface area contributed by atoms with Gasteiger partial charge in [0.25, 0.3) is 0 Å². The number of ether oxygens (including phenoxy) is 1. The predicted molar refractivity (Wildman–Crippen MR) is 67.8 cm³/mol. The minimum absolute atomic E-state index is 0.358. The third kappa shape index (κ3) is 3.30. The minimum atomic E-state index is 0.358. The molecule has 0 radical (unpaired) electrons. The van der Waals surface area contributed by atoms with Crippen molar-refractivity contribution in [1.82, 2.24) is 14.9 Å². The lowest BCUT2D eigenvalue weighted by Crippen LogP contribution is -2.20. The highest BCUT2D eigenvalue weighted by Gasteiger charge is 2.17. The molecule has 1 N–H and O–H groups in total. The van der Waals surface area contributed by atoms with Crippen molar-refractivity contribution in [3.05, 3.63) is 18.2 Å². The summed E-state index contributed by atoms with van der Waals surface area (Å²) in [5.74, 6) is 1.12. The summed E-state index contributed by atoms with van der Waals surface area (Å²) in [5, 5.41) is 3.35. The highest BCUT2D eigenvalue weighted by Crippen LogP contribution is 2.22. The Balaban J connectivity index is 1.77. The van der Waals surface area contributed by atoms with E-state index in [0.717, 1.165) is 18.9 Å². The van der Waals surface area contributed by atoms with Gasteiger partial charge in [0.05, 0.1) is 12.1 Å². The van der Waals surface area contributed by atoms with Crippen LogP contribution in [0.25, 0.3) is 0 Å². The topological polar surface area (TPSA) is 39.1 Å². The molecule has 2 unspecified atom stereocenters. The van der Waals surface area contributed by atoms with Gasteiger partial charge in [0, 0.05) is 26.0 Å². The molecule has 0 saturated carbocycles. The molecule has 0 bridgehead atoms. The van der Waals surface area contributed by atoms with E-state index >= 15 is 0 Å². The SMILES string of the molecule is CNC(CCCC1CCCO1)c1nccn1C. The van der Waals surface area contributed by atoms with E-state index < -0.39 is 0 Å². The van der Waals surface area contributed by atoms with E-state index in [1.165, 1.54) is 25.7 Å². The van der Waals surface area contributed by atoms with E-state index in [2.05, 4.69) is 14.9 Å². The number of hydrogen-bond donors (Lipinski definition) is 1. The summed E-state index contributed by atoms with van der Waals surface area (Å²) < 4.78 is 7.73. The van der Waals surface area contributed by atoms with Gasteiger partial charge in [0.1, 0.15) is 5.82 Å². The van der Waals surface area contributed by atoms with E-state index in [-0.39, 0.29) is 0 Å². The zero-order chi connectivity index (χ0) is 12.1. The first kappa shape index (κ1) is 12.6. The molecular formula is C13H23N3O. The van der Waals surface area contributed by atoms with Crippen LogP contribution >= 0.6 is 0 Å². The van der Waals surface area contributed by atoms with Crippen LogP contribution in [0.15, 0.2) is 12.4 Å². The maximum atomic E-state index is 5.64.